The first-order valence-corrected chi connectivity index (χ1v) is 8.90. The van der Waals surface area contributed by atoms with Crippen LogP contribution in [0.2, 0.25) is 5.02 Å². The van der Waals surface area contributed by atoms with E-state index in [1.807, 2.05) is 4.90 Å². The lowest BCUT2D eigenvalue weighted by Gasteiger charge is -2.34. The normalized spacial score (nSPS) is 14.6. The minimum Gasteiger partial charge on any atom is -0.337 e. The molecule has 1 fully saturated rings. The molecule has 0 atom stereocenters. The Hall–Kier alpha value is -3.00. The summed E-state index contributed by atoms with van der Waals surface area (Å²) in [6.45, 7) is 2.12. The van der Waals surface area contributed by atoms with Crippen molar-refractivity contribution < 1.29 is 4.79 Å². The van der Waals surface area contributed by atoms with Gasteiger partial charge in [0.15, 0.2) is 5.69 Å². The van der Waals surface area contributed by atoms with Crippen LogP contribution in [0.15, 0.2) is 41.5 Å². The Morgan fingerprint density at radius 3 is 2.52 bits per heavy atom. The van der Waals surface area contributed by atoms with Crippen molar-refractivity contribution in [3.05, 3.63) is 57.6 Å². The maximum atomic E-state index is 12.9. The van der Waals surface area contributed by atoms with E-state index >= 15 is 0 Å². The highest BCUT2D eigenvalue weighted by Gasteiger charge is 2.27. The molecular formula is C18H17ClN6O2. The Kier molecular flexibility index (Phi) is 4.49. The van der Waals surface area contributed by atoms with Gasteiger partial charge >= 0.3 is 0 Å². The number of fused-ring (bicyclic) bond motifs is 1. The molecule has 1 aliphatic heterocycles. The maximum Gasteiger partial charge on any atom is 0.278 e. The van der Waals surface area contributed by atoms with Crippen molar-refractivity contribution in [1.29, 1.82) is 0 Å². The fourth-order valence-electron chi connectivity index (χ4n) is 3.20. The third kappa shape index (κ3) is 3.23. The van der Waals surface area contributed by atoms with E-state index in [0.29, 0.717) is 48.1 Å². The highest BCUT2D eigenvalue weighted by atomic mass is 35.5. The quantitative estimate of drug-likeness (QED) is 0.663. The second-order valence-corrected chi connectivity index (χ2v) is 6.73. The number of hydrogen-bond acceptors (Lipinski definition) is 6. The van der Waals surface area contributed by atoms with Gasteiger partial charge in [0.2, 0.25) is 11.4 Å². The molecule has 0 aliphatic carbocycles. The molecule has 4 rings (SSSR count). The van der Waals surface area contributed by atoms with Crippen molar-refractivity contribution in [2.45, 2.75) is 0 Å². The van der Waals surface area contributed by atoms with Gasteiger partial charge < -0.3 is 9.80 Å². The van der Waals surface area contributed by atoms with Crippen LogP contribution in [-0.4, -0.2) is 56.7 Å². The van der Waals surface area contributed by atoms with Gasteiger partial charge in [-0.2, -0.15) is 5.10 Å². The summed E-state index contributed by atoms with van der Waals surface area (Å²) >= 11 is 6.02. The van der Waals surface area contributed by atoms with Crippen LogP contribution in [0.3, 0.4) is 0 Å². The van der Waals surface area contributed by atoms with Crippen LogP contribution >= 0.6 is 11.6 Å². The molecular weight excluding hydrogens is 368 g/mol. The predicted octanol–water partition coefficient (Wildman–Crippen LogP) is 1.34. The van der Waals surface area contributed by atoms with Crippen molar-refractivity contribution >= 4 is 34.4 Å². The monoisotopic (exact) mass is 384 g/mol. The first kappa shape index (κ1) is 17.4. The molecule has 1 aromatic carbocycles. The summed E-state index contributed by atoms with van der Waals surface area (Å²) in [5.41, 5.74) is 0.146. The van der Waals surface area contributed by atoms with Gasteiger partial charge in [-0.25, -0.2) is 9.97 Å². The lowest BCUT2D eigenvalue weighted by Crippen LogP contribution is -2.50. The summed E-state index contributed by atoms with van der Waals surface area (Å²) in [6, 6.07) is 6.75. The SMILES string of the molecule is Cn1nc(C(=O)N2CCN(c3ncccn3)CC2)c(=O)c2cc(Cl)ccc21. The van der Waals surface area contributed by atoms with E-state index in [9.17, 15) is 9.59 Å². The highest BCUT2D eigenvalue weighted by Crippen LogP contribution is 2.17. The largest absolute Gasteiger partial charge is 0.337 e. The zero-order chi connectivity index (χ0) is 19.0. The number of carbonyl (C=O) groups excluding carboxylic acids is 1. The average Bonchev–Trinajstić information content (AvgIpc) is 2.71. The van der Waals surface area contributed by atoms with Gasteiger partial charge in [0.1, 0.15) is 0 Å². The number of nitrogens with zero attached hydrogens (tertiary/aromatic N) is 6. The third-order valence-corrected chi connectivity index (χ3v) is 4.86. The number of rotatable bonds is 2. The van der Waals surface area contributed by atoms with E-state index in [1.54, 1.807) is 48.6 Å². The summed E-state index contributed by atoms with van der Waals surface area (Å²) in [6.07, 6.45) is 3.38. The molecule has 0 saturated carbocycles. The molecule has 0 unspecified atom stereocenters. The van der Waals surface area contributed by atoms with Crippen LogP contribution < -0.4 is 10.3 Å². The van der Waals surface area contributed by atoms with Crippen molar-refractivity contribution in [2.24, 2.45) is 7.05 Å². The summed E-state index contributed by atoms with van der Waals surface area (Å²) in [5.74, 6) is 0.269. The van der Waals surface area contributed by atoms with E-state index < -0.39 is 5.43 Å². The Morgan fingerprint density at radius 2 is 1.81 bits per heavy atom. The van der Waals surface area contributed by atoms with Crippen LogP contribution in [0.5, 0.6) is 0 Å². The molecule has 1 aliphatic rings. The number of carbonyl (C=O) groups is 1. The number of piperazine rings is 1. The summed E-state index contributed by atoms with van der Waals surface area (Å²) < 4.78 is 1.54. The van der Waals surface area contributed by atoms with Gasteiger partial charge in [-0.05, 0) is 24.3 Å². The molecule has 138 valence electrons. The molecule has 8 nitrogen and oxygen atoms in total. The van der Waals surface area contributed by atoms with E-state index in [1.165, 1.54) is 4.68 Å². The first-order valence-electron chi connectivity index (χ1n) is 8.52. The standard InChI is InChI=1S/C18H17ClN6O2/c1-23-14-4-3-12(19)11-13(14)16(26)15(22-23)17(27)24-7-9-25(10-8-24)18-20-5-2-6-21-18/h2-6,11H,7-10H2,1H3. The van der Waals surface area contributed by atoms with Crippen molar-refractivity contribution in [3.8, 4) is 0 Å². The zero-order valence-corrected chi connectivity index (χ0v) is 15.4. The Morgan fingerprint density at radius 1 is 1.11 bits per heavy atom. The zero-order valence-electron chi connectivity index (χ0n) is 14.7. The first-order chi connectivity index (χ1) is 13.0. The van der Waals surface area contributed by atoms with Crippen LogP contribution in [0.25, 0.3) is 10.9 Å². The van der Waals surface area contributed by atoms with E-state index in [0.717, 1.165) is 0 Å². The van der Waals surface area contributed by atoms with Crippen molar-refractivity contribution in [1.82, 2.24) is 24.6 Å². The predicted molar refractivity (Wildman–Crippen MR) is 102 cm³/mol. The molecule has 0 radical (unpaired) electrons. The molecule has 1 saturated heterocycles. The van der Waals surface area contributed by atoms with Gasteiger partial charge in [0.25, 0.3) is 5.91 Å². The van der Waals surface area contributed by atoms with Crippen LogP contribution in [0.1, 0.15) is 10.5 Å². The summed E-state index contributed by atoms with van der Waals surface area (Å²) in [4.78, 5) is 37.8. The maximum absolute atomic E-state index is 12.9. The number of benzene rings is 1. The van der Waals surface area contributed by atoms with E-state index in [4.69, 9.17) is 11.6 Å². The topological polar surface area (TPSA) is 84.2 Å². The van der Waals surface area contributed by atoms with Crippen LogP contribution in [-0.2, 0) is 7.05 Å². The smallest absolute Gasteiger partial charge is 0.278 e. The van der Waals surface area contributed by atoms with E-state index in [2.05, 4.69) is 15.1 Å². The van der Waals surface area contributed by atoms with Crippen LogP contribution in [0.4, 0.5) is 5.95 Å². The van der Waals surface area contributed by atoms with Gasteiger partial charge in [-0.15, -0.1) is 0 Å². The molecule has 3 heterocycles. The Bertz CT molecular complexity index is 1060. The fraction of sp³-hybridized carbons (Fsp3) is 0.278. The number of hydrogen-bond donors (Lipinski definition) is 0. The molecule has 0 N–H and O–H groups in total. The summed E-state index contributed by atoms with van der Waals surface area (Å²) in [5, 5.41) is 5.05. The number of amides is 1. The molecule has 1 amide bonds. The second-order valence-electron chi connectivity index (χ2n) is 6.29. The Labute approximate surface area is 160 Å². The van der Waals surface area contributed by atoms with Gasteiger partial charge in [-0.3, -0.25) is 14.3 Å². The number of halogens is 1. The molecule has 0 spiro atoms. The number of aryl methyl sites for hydroxylation is 1. The molecule has 2 aromatic heterocycles. The summed E-state index contributed by atoms with van der Waals surface area (Å²) in [7, 11) is 1.71. The lowest BCUT2D eigenvalue weighted by molar-refractivity contribution is 0.0737. The minimum atomic E-state index is -0.399. The highest BCUT2D eigenvalue weighted by molar-refractivity contribution is 6.31. The van der Waals surface area contributed by atoms with Crippen LogP contribution in [0, 0.1) is 0 Å². The van der Waals surface area contributed by atoms with Gasteiger partial charge in [0, 0.05) is 50.6 Å². The number of aromatic nitrogens is 4. The van der Waals surface area contributed by atoms with Gasteiger partial charge in [-0.1, -0.05) is 11.6 Å². The molecule has 0 bridgehead atoms. The molecule has 9 heteroatoms. The Balaban J connectivity index is 1.59. The fourth-order valence-corrected chi connectivity index (χ4v) is 3.37. The second kappa shape index (κ2) is 6.96. The minimum absolute atomic E-state index is 0.0864. The van der Waals surface area contributed by atoms with Crippen molar-refractivity contribution in [2.75, 3.05) is 31.1 Å². The number of anilines is 1. The van der Waals surface area contributed by atoms with Crippen molar-refractivity contribution in [3.63, 3.8) is 0 Å². The average molecular weight is 385 g/mol. The van der Waals surface area contributed by atoms with Gasteiger partial charge in [0.05, 0.1) is 10.9 Å². The molecule has 27 heavy (non-hydrogen) atoms. The lowest BCUT2D eigenvalue weighted by atomic mass is 10.2. The third-order valence-electron chi connectivity index (χ3n) is 4.62. The molecule has 3 aromatic rings. The van der Waals surface area contributed by atoms with E-state index in [-0.39, 0.29) is 11.6 Å².